The summed E-state index contributed by atoms with van der Waals surface area (Å²) in [6, 6.07) is 17.6. The van der Waals surface area contributed by atoms with Crippen molar-refractivity contribution in [3.63, 3.8) is 0 Å². The zero-order valence-corrected chi connectivity index (χ0v) is 17.2. The van der Waals surface area contributed by atoms with Gasteiger partial charge >= 0.3 is 0 Å². The van der Waals surface area contributed by atoms with E-state index in [1.54, 1.807) is 17.5 Å². The van der Waals surface area contributed by atoms with Gasteiger partial charge in [-0.3, -0.25) is 4.79 Å². The first-order valence-corrected chi connectivity index (χ1v) is 10.9. The number of para-hydroxylation sites is 1. The number of anilines is 2. The Bertz CT molecular complexity index is 1160. The largest absolute Gasteiger partial charge is 0.355 e. The second-order valence-electron chi connectivity index (χ2n) is 7.35. The maximum atomic E-state index is 12.9. The molecule has 30 heavy (non-hydrogen) atoms. The van der Waals surface area contributed by atoms with E-state index in [1.807, 2.05) is 53.9 Å². The number of carbonyl (C=O) groups excluding carboxylic acids is 1. The van der Waals surface area contributed by atoms with Gasteiger partial charge in [0.2, 0.25) is 5.91 Å². The number of nitrogens with one attached hydrogen (secondary N) is 1. The lowest BCUT2D eigenvalue weighted by Crippen LogP contribution is -2.41. The molecule has 6 nitrogen and oxygen atoms in total. The summed E-state index contributed by atoms with van der Waals surface area (Å²) in [6.07, 6.45) is 3.48. The van der Waals surface area contributed by atoms with Crippen molar-refractivity contribution in [3.8, 4) is 10.7 Å². The summed E-state index contributed by atoms with van der Waals surface area (Å²) in [4.78, 5) is 30.0. The van der Waals surface area contributed by atoms with E-state index >= 15 is 0 Å². The van der Waals surface area contributed by atoms with E-state index in [-0.39, 0.29) is 11.8 Å². The topological polar surface area (TPSA) is 71.0 Å². The highest BCUT2D eigenvalue weighted by Crippen LogP contribution is 2.32. The van der Waals surface area contributed by atoms with Crippen LogP contribution in [0, 0.1) is 5.92 Å². The smallest absolute Gasteiger partial charge is 0.230 e. The fourth-order valence-electron chi connectivity index (χ4n) is 3.87. The number of pyridine rings is 1. The van der Waals surface area contributed by atoms with E-state index in [2.05, 4.69) is 21.3 Å². The van der Waals surface area contributed by atoms with Crippen LogP contribution in [-0.4, -0.2) is 33.9 Å². The number of fused-ring (bicyclic) bond motifs is 1. The molecule has 1 atom stereocenters. The molecule has 0 aliphatic carbocycles. The minimum atomic E-state index is -0.111. The maximum Gasteiger partial charge on any atom is 0.230 e. The second-order valence-corrected chi connectivity index (χ2v) is 8.30. The van der Waals surface area contributed by atoms with Crippen LogP contribution in [0.3, 0.4) is 0 Å². The van der Waals surface area contributed by atoms with Crippen LogP contribution in [0.4, 0.5) is 11.6 Å². The molecule has 3 aromatic heterocycles. The molecule has 1 N–H and O–H groups in total. The Labute approximate surface area is 178 Å². The number of carbonyl (C=O) groups is 1. The number of piperidine rings is 1. The predicted octanol–water partition coefficient (Wildman–Crippen LogP) is 4.61. The Kier molecular flexibility index (Phi) is 5.11. The van der Waals surface area contributed by atoms with E-state index in [0.717, 1.165) is 46.8 Å². The van der Waals surface area contributed by atoms with E-state index < -0.39 is 0 Å². The Balaban J connectivity index is 1.45. The number of amides is 1. The quantitative estimate of drug-likeness (QED) is 0.527. The van der Waals surface area contributed by atoms with Crippen LogP contribution in [-0.2, 0) is 4.79 Å². The SMILES string of the molecule is O=C(Nc1ccccn1)[C@H]1CCCN(c2nc(-c3cccs3)nc3ccccc23)C1. The molecule has 5 rings (SSSR count). The first-order valence-electron chi connectivity index (χ1n) is 10.1. The molecule has 0 spiro atoms. The highest BCUT2D eigenvalue weighted by atomic mass is 32.1. The Morgan fingerprint density at radius 2 is 1.97 bits per heavy atom. The highest BCUT2D eigenvalue weighted by Gasteiger charge is 2.28. The fourth-order valence-corrected chi connectivity index (χ4v) is 4.52. The molecule has 1 aromatic carbocycles. The molecule has 1 saturated heterocycles. The molecular weight excluding hydrogens is 394 g/mol. The van der Waals surface area contributed by atoms with Crippen molar-refractivity contribution < 1.29 is 4.79 Å². The van der Waals surface area contributed by atoms with E-state index in [4.69, 9.17) is 9.97 Å². The molecule has 1 aliphatic rings. The minimum absolute atomic E-state index is 0.00948. The zero-order valence-electron chi connectivity index (χ0n) is 16.4. The molecular formula is C23H21N5OS. The average molecular weight is 416 g/mol. The molecule has 4 aromatic rings. The lowest BCUT2D eigenvalue weighted by Gasteiger charge is -2.33. The van der Waals surface area contributed by atoms with Crippen LogP contribution >= 0.6 is 11.3 Å². The van der Waals surface area contributed by atoms with E-state index in [1.165, 1.54) is 0 Å². The zero-order chi connectivity index (χ0) is 20.3. The highest BCUT2D eigenvalue weighted by molar-refractivity contribution is 7.13. The van der Waals surface area contributed by atoms with Gasteiger partial charge in [0, 0.05) is 24.7 Å². The fraction of sp³-hybridized carbons (Fsp3) is 0.217. The van der Waals surface area contributed by atoms with Crippen molar-refractivity contribution in [3.05, 3.63) is 66.2 Å². The normalized spacial score (nSPS) is 16.5. The standard InChI is InChI=1S/C23H21N5OS/c29-23(26-20-11-3-4-12-24-20)16-7-5-13-28(15-16)22-17-8-1-2-9-18(17)25-21(27-22)19-10-6-14-30-19/h1-4,6,8-12,14,16H,5,7,13,15H2,(H,24,26,29)/t16-/m0/s1. The Morgan fingerprint density at radius 3 is 2.80 bits per heavy atom. The molecule has 1 amide bonds. The van der Waals surface area contributed by atoms with Gasteiger partial charge < -0.3 is 10.2 Å². The van der Waals surface area contributed by atoms with Crippen molar-refractivity contribution in [2.75, 3.05) is 23.3 Å². The van der Waals surface area contributed by atoms with Gasteiger partial charge in [0.25, 0.3) is 0 Å². The molecule has 150 valence electrons. The lowest BCUT2D eigenvalue weighted by atomic mass is 9.96. The van der Waals surface area contributed by atoms with Gasteiger partial charge in [0.05, 0.1) is 16.3 Å². The van der Waals surface area contributed by atoms with Crippen molar-refractivity contribution >= 4 is 39.8 Å². The molecule has 0 radical (unpaired) electrons. The Morgan fingerprint density at radius 1 is 1.07 bits per heavy atom. The summed E-state index contributed by atoms with van der Waals surface area (Å²) in [5.74, 6) is 2.13. The van der Waals surface area contributed by atoms with Crippen molar-refractivity contribution in [1.29, 1.82) is 0 Å². The Hall–Kier alpha value is -3.32. The van der Waals surface area contributed by atoms with Crippen LogP contribution in [0.2, 0.25) is 0 Å². The van der Waals surface area contributed by atoms with Crippen LogP contribution in [0.1, 0.15) is 12.8 Å². The lowest BCUT2D eigenvalue weighted by molar-refractivity contribution is -0.120. The van der Waals surface area contributed by atoms with E-state index in [0.29, 0.717) is 12.4 Å². The molecule has 7 heteroatoms. The minimum Gasteiger partial charge on any atom is -0.355 e. The van der Waals surface area contributed by atoms with Gasteiger partial charge in [0.15, 0.2) is 5.82 Å². The summed E-state index contributed by atoms with van der Waals surface area (Å²) in [5, 5.41) is 6.00. The third-order valence-corrected chi connectivity index (χ3v) is 6.20. The monoisotopic (exact) mass is 415 g/mol. The first kappa shape index (κ1) is 18.7. The van der Waals surface area contributed by atoms with Crippen LogP contribution in [0.15, 0.2) is 66.2 Å². The summed E-state index contributed by atoms with van der Waals surface area (Å²) in [7, 11) is 0. The number of rotatable bonds is 4. The van der Waals surface area contributed by atoms with Gasteiger partial charge in [0.1, 0.15) is 11.6 Å². The predicted molar refractivity (Wildman–Crippen MR) is 121 cm³/mol. The molecule has 0 saturated carbocycles. The maximum absolute atomic E-state index is 12.9. The van der Waals surface area contributed by atoms with Crippen molar-refractivity contribution in [2.24, 2.45) is 5.92 Å². The summed E-state index contributed by atoms with van der Waals surface area (Å²) in [6.45, 7) is 1.50. The summed E-state index contributed by atoms with van der Waals surface area (Å²) >= 11 is 1.63. The molecule has 4 heterocycles. The number of aromatic nitrogens is 3. The van der Waals surface area contributed by atoms with E-state index in [9.17, 15) is 4.79 Å². The molecule has 1 fully saturated rings. The van der Waals surface area contributed by atoms with Crippen LogP contribution in [0.25, 0.3) is 21.6 Å². The number of hydrogen-bond acceptors (Lipinski definition) is 6. The second kappa shape index (κ2) is 8.20. The van der Waals surface area contributed by atoms with Crippen molar-refractivity contribution in [1.82, 2.24) is 15.0 Å². The number of thiophene rings is 1. The number of benzene rings is 1. The van der Waals surface area contributed by atoms with Gasteiger partial charge in [-0.15, -0.1) is 11.3 Å². The van der Waals surface area contributed by atoms with Crippen LogP contribution < -0.4 is 10.2 Å². The third kappa shape index (κ3) is 3.76. The average Bonchev–Trinajstić information content (AvgIpc) is 3.34. The molecule has 0 bridgehead atoms. The summed E-state index contributed by atoms with van der Waals surface area (Å²) in [5.41, 5.74) is 0.922. The number of nitrogens with zero attached hydrogens (tertiary/aromatic N) is 4. The van der Waals surface area contributed by atoms with Crippen molar-refractivity contribution in [2.45, 2.75) is 12.8 Å². The first-order chi connectivity index (χ1) is 14.8. The van der Waals surface area contributed by atoms with Gasteiger partial charge in [-0.2, -0.15) is 0 Å². The van der Waals surface area contributed by atoms with Gasteiger partial charge in [-0.1, -0.05) is 24.3 Å². The third-order valence-electron chi connectivity index (χ3n) is 5.33. The van der Waals surface area contributed by atoms with Crippen LogP contribution in [0.5, 0.6) is 0 Å². The van der Waals surface area contributed by atoms with Gasteiger partial charge in [-0.05, 0) is 48.6 Å². The number of hydrogen-bond donors (Lipinski definition) is 1. The molecule has 0 unspecified atom stereocenters. The summed E-state index contributed by atoms with van der Waals surface area (Å²) < 4.78 is 0. The van der Waals surface area contributed by atoms with Gasteiger partial charge in [-0.25, -0.2) is 15.0 Å². The molecule has 1 aliphatic heterocycles.